The Hall–Kier alpha value is -2.28. The number of unbranched alkanes of at least 4 members (excludes halogenated alkanes) is 1. The molecule has 0 aromatic carbocycles. The second-order valence-corrected chi connectivity index (χ2v) is 9.90. The molecule has 2 aromatic rings. The third-order valence-corrected chi connectivity index (χ3v) is 6.54. The quantitative estimate of drug-likeness (QED) is 0.300. The summed E-state index contributed by atoms with van der Waals surface area (Å²) in [6.45, 7) is 16.6. The van der Waals surface area contributed by atoms with Gasteiger partial charge in [-0.3, -0.25) is 9.88 Å². The standard InChI is InChI=1S/C21H33N5O.C6H10.C4H10/c1-16-19(23-15-26(16)17(2)27-13-12-24(3)4)14-25(5)20-10-6-8-18-9-7-11-22-21(18)20;1-3-5-6-4-2;1-3-4-2/h7,9,11,15,17,20H,6,8,10,12-14H2,1-5H3;3,5-6H,1,4H2,2H3;3-4H2,1-2H3/b;6-5-;/t17?,20-;;/m0../s1. The van der Waals surface area contributed by atoms with Crippen LogP contribution in [-0.4, -0.2) is 58.6 Å². The van der Waals surface area contributed by atoms with Gasteiger partial charge in [-0.1, -0.05) is 64.5 Å². The SMILES string of the molecule is C=C/C=C\CC.CCCC.Cc1c(CN(C)[C@H]2CCCc3cccnc32)ncn1C(C)OCCN(C)C. The molecule has 0 amide bonds. The Morgan fingerprint density at radius 3 is 2.51 bits per heavy atom. The molecule has 1 aliphatic rings. The highest BCUT2D eigenvalue weighted by molar-refractivity contribution is 5.25. The molecule has 208 valence electrons. The number of rotatable bonds is 11. The molecule has 0 radical (unpaired) electrons. The summed E-state index contributed by atoms with van der Waals surface area (Å²) in [7, 11) is 6.30. The Labute approximate surface area is 227 Å². The van der Waals surface area contributed by atoms with Crippen molar-refractivity contribution in [1.29, 1.82) is 0 Å². The lowest BCUT2D eigenvalue weighted by Crippen LogP contribution is -2.28. The predicted octanol–water partition coefficient (Wildman–Crippen LogP) is 7.14. The number of likely N-dealkylation sites (N-methyl/N-ethyl adjacent to an activating group) is 1. The van der Waals surface area contributed by atoms with E-state index in [1.165, 1.54) is 36.2 Å². The molecule has 0 N–H and O–H groups in total. The summed E-state index contributed by atoms with van der Waals surface area (Å²) >= 11 is 0. The fourth-order valence-electron chi connectivity index (χ4n) is 4.06. The van der Waals surface area contributed by atoms with Crippen LogP contribution in [0.25, 0.3) is 0 Å². The zero-order valence-electron chi connectivity index (χ0n) is 24.9. The minimum Gasteiger partial charge on any atom is -0.357 e. The number of hydrogen-bond acceptors (Lipinski definition) is 5. The van der Waals surface area contributed by atoms with E-state index < -0.39 is 0 Å². The van der Waals surface area contributed by atoms with E-state index in [0.29, 0.717) is 12.6 Å². The normalized spacial score (nSPS) is 15.6. The number of aryl methyl sites for hydroxylation is 1. The minimum absolute atomic E-state index is 0.00595. The van der Waals surface area contributed by atoms with Gasteiger partial charge in [0, 0.05) is 25.0 Å². The molecule has 3 rings (SSSR count). The van der Waals surface area contributed by atoms with E-state index in [1.807, 2.05) is 24.7 Å². The highest BCUT2D eigenvalue weighted by Gasteiger charge is 2.26. The third kappa shape index (κ3) is 11.8. The molecule has 0 spiro atoms. The van der Waals surface area contributed by atoms with Crippen LogP contribution in [-0.2, 0) is 17.7 Å². The number of nitrogens with zero attached hydrogens (tertiary/aromatic N) is 5. The fraction of sp³-hybridized carbons (Fsp3) is 0.613. The molecule has 6 nitrogen and oxygen atoms in total. The van der Waals surface area contributed by atoms with Crippen molar-refractivity contribution in [1.82, 2.24) is 24.3 Å². The van der Waals surface area contributed by atoms with Gasteiger partial charge in [-0.25, -0.2) is 4.98 Å². The van der Waals surface area contributed by atoms with Gasteiger partial charge in [0.2, 0.25) is 0 Å². The third-order valence-electron chi connectivity index (χ3n) is 6.54. The van der Waals surface area contributed by atoms with Crippen LogP contribution in [0.3, 0.4) is 0 Å². The van der Waals surface area contributed by atoms with Gasteiger partial charge in [0.1, 0.15) is 6.23 Å². The van der Waals surface area contributed by atoms with Crippen molar-refractivity contribution in [3.8, 4) is 0 Å². The number of pyridine rings is 1. The molecule has 2 aromatic heterocycles. The van der Waals surface area contributed by atoms with Gasteiger partial charge in [0.15, 0.2) is 0 Å². The number of hydrogen-bond donors (Lipinski definition) is 0. The number of aromatic nitrogens is 3. The Morgan fingerprint density at radius 2 is 1.92 bits per heavy atom. The smallest absolute Gasteiger partial charge is 0.132 e. The minimum atomic E-state index is -0.00595. The second-order valence-electron chi connectivity index (χ2n) is 9.90. The lowest BCUT2D eigenvalue weighted by atomic mass is 9.91. The molecule has 1 unspecified atom stereocenters. The van der Waals surface area contributed by atoms with Crippen LogP contribution < -0.4 is 0 Å². The van der Waals surface area contributed by atoms with E-state index in [-0.39, 0.29) is 6.23 Å². The maximum Gasteiger partial charge on any atom is 0.132 e. The van der Waals surface area contributed by atoms with Crippen molar-refractivity contribution >= 4 is 0 Å². The average Bonchev–Trinajstić information content (AvgIpc) is 3.27. The van der Waals surface area contributed by atoms with E-state index >= 15 is 0 Å². The van der Waals surface area contributed by atoms with E-state index in [9.17, 15) is 0 Å². The van der Waals surface area contributed by atoms with Crippen molar-refractivity contribution in [2.24, 2.45) is 0 Å². The summed E-state index contributed by atoms with van der Waals surface area (Å²) in [6, 6.07) is 4.63. The number of ether oxygens (including phenoxy) is 1. The molecular weight excluding hydrogens is 458 g/mol. The molecule has 0 saturated carbocycles. The highest BCUT2D eigenvalue weighted by Crippen LogP contribution is 2.32. The van der Waals surface area contributed by atoms with Gasteiger partial charge >= 0.3 is 0 Å². The van der Waals surface area contributed by atoms with Gasteiger partial charge in [-0.15, -0.1) is 0 Å². The summed E-state index contributed by atoms with van der Waals surface area (Å²) in [5, 5.41) is 0. The summed E-state index contributed by atoms with van der Waals surface area (Å²) < 4.78 is 8.09. The molecule has 0 fully saturated rings. The lowest BCUT2D eigenvalue weighted by Gasteiger charge is -2.32. The topological polar surface area (TPSA) is 46.4 Å². The van der Waals surface area contributed by atoms with Crippen LogP contribution in [0.5, 0.6) is 0 Å². The first-order valence-electron chi connectivity index (χ1n) is 14.0. The molecule has 6 heteroatoms. The van der Waals surface area contributed by atoms with Crippen molar-refractivity contribution < 1.29 is 4.74 Å². The molecule has 0 bridgehead atoms. The largest absolute Gasteiger partial charge is 0.357 e. The average molecular weight is 512 g/mol. The van der Waals surface area contributed by atoms with Crippen LogP contribution in [0.1, 0.15) is 94.7 Å². The summed E-state index contributed by atoms with van der Waals surface area (Å²) in [5.74, 6) is 0. The monoisotopic (exact) mass is 511 g/mol. The summed E-state index contributed by atoms with van der Waals surface area (Å²) in [4.78, 5) is 13.9. The maximum absolute atomic E-state index is 5.96. The van der Waals surface area contributed by atoms with Gasteiger partial charge < -0.3 is 14.2 Å². The zero-order valence-corrected chi connectivity index (χ0v) is 24.9. The van der Waals surface area contributed by atoms with Crippen LogP contribution in [0.2, 0.25) is 0 Å². The first kappa shape index (κ1) is 32.7. The van der Waals surface area contributed by atoms with Gasteiger partial charge in [-0.05, 0) is 72.3 Å². The Bertz CT molecular complexity index is 903. The van der Waals surface area contributed by atoms with Crippen molar-refractivity contribution in [2.75, 3.05) is 34.3 Å². The molecule has 0 saturated heterocycles. The first-order valence-corrected chi connectivity index (χ1v) is 14.0. The molecule has 1 aliphatic carbocycles. The van der Waals surface area contributed by atoms with Gasteiger partial charge in [0.05, 0.1) is 30.4 Å². The van der Waals surface area contributed by atoms with E-state index in [4.69, 9.17) is 4.74 Å². The molecule has 0 aliphatic heterocycles. The lowest BCUT2D eigenvalue weighted by molar-refractivity contribution is 0.00818. The zero-order chi connectivity index (χ0) is 27.6. The maximum atomic E-state index is 5.96. The second kappa shape index (κ2) is 18.9. The highest BCUT2D eigenvalue weighted by atomic mass is 16.5. The van der Waals surface area contributed by atoms with Crippen LogP contribution >= 0.6 is 0 Å². The fourth-order valence-corrected chi connectivity index (χ4v) is 4.06. The van der Waals surface area contributed by atoms with E-state index in [0.717, 1.165) is 38.0 Å². The number of allylic oxidation sites excluding steroid dienone is 3. The van der Waals surface area contributed by atoms with E-state index in [1.54, 1.807) is 6.08 Å². The predicted molar refractivity (Wildman–Crippen MR) is 158 cm³/mol. The summed E-state index contributed by atoms with van der Waals surface area (Å²) in [6.07, 6.45) is 16.9. The van der Waals surface area contributed by atoms with Gasteiger partial charge in [-0.2, -0.15) is 0 Å². The molecule has 2 atom stereocenters. The van der Waals surface area contributed by atoms with Crippen molar-refractivity contribution in [3.63, 3.8) is 0 Å². The molecule has 37 heavy (non-hydrogen) atoms. The Morgan fingerprint density at radius 1 is 1.19 bits per heavy atom. The van der Waals surface area contributed by atoms with Crippen LogP contribution in [0.4, 0.5) is 0 Å². The van der Waals surface area contributed by atoms with E-state index in [2.05, 4.69) is 98.8 Å². The Balaban J connectivity index is 0.000000583. The Kier molecular flexibility index (Phi) is 16.7. The van der Waals surface area contributed by atoms with Crippen molar-refractivity contribution in [2.45, 2.75) is 92.0 Å². The molecule has 2 heterocycles. The first-order chi connectivity index (χ1) is 17.8. The summed E-state index contributed by atoms with van der Waals surface area (Å²) in [5.41, 5.74) is 4.93. The van der Waals surface area contributed by atoms with Gasteiger partial charge in [0.25, 0.3) is 0 Å². The van der Waals surface area contributed by atoms with Crippen LogP contribution in [0, 0.1) is 6.92 Å². The number of fused-ring (bicyclic) bond motifs is 1. The van der Waals surface area contributed by atoms with Crippen molar-refractivity contribution in [3.05, 3.63) is 72.1 Å². The molecular formula is C31H53N5O. The number of imidazole rings is 1. The van der Waals surface area contributed by atoms with Crippen LogP contribution in [0.15, 0.2) is 49.5 Å².